The van der Waals surface area contributed by atoms with E-state index in [1.807, 2.05) is 6.07 Å². The fourth-order valence-electron chi connectivity index (χ4n) is 3.31. The van der Waals surface area contributed by atoms with Gasteiger partial charge in [-0.3, -0.25) is 4.79 Å². The summed E-state index contributed by atoms with van der Waals surface area (Å²) >= 11 is 0. The van der Waals surface area contributed by atoms with E-state index >= 15 is 0 Å². The second-order valence-corrected chi connectivity index (χ2v) is 5.82. The van der Waals surface area contributed by atoms with Crippen molar-refractivity contribution >= 4 is 5.91 Å². The molecular weight excluding hydrogens is 236 g/mol. The summed E-state index contributed by atoms with van der Waals surface area (Å²) in [6.07, 6.45) is 2.67. The first kappa shape index (κ1) is 12.7. The summed E-state index contributed by atoms with van der Waals surface area (Å²) in [5.41, 5.74) is 1.33. The molecule has 3 rings (SSSR count). The number of likely N-dealkylation sites (tertiary alicyclic amines) is 1. The van der Waals surface area contributed by atoms with Gasteiger partial charge in [0.05, 0.1) is 0 Å². The van der Waals surface area contributed by atoms with Crippen molar-refractivity contribution in [3.8, 4) is 0 Å². The van der Waals surface area contributed by atoms with Gasteiger partial charge in [-0.2, -0.15) is 0 Å². The zero-order valence-corrected chi connectivity index (χ0v) is 11.3. The number of benzene rings is 1. The first-order chi connectivity index (χ1) is 9.33. The molecule has 2 saturated heterocycles. The van der Waals surface area contributed by atoms with Crippen LogP contribution in [0.25, 0.3) is 0 Å². The largest absolute Gasteiger partial charge is 0.342 e. The van der Waals surface area contributed by atoms with Crippen LogP contribution in [0.4, 0.5) is 0 Å². The molecule has 0 bridgehead atoms. The fourth-order valence-corrected chi connectivity index (χ4v) is 3.31. The Balaban J connectivity index is 1.42. The van der Waals surface area contributed by atoms with Crippen molar-refractivity contribution in [2.75, 3.05) is 26.2 Å². The van der Waals surface area contributed by atoms with Crippen LogP contribution >= 0.6 is 0 Å². The van der Waals surface area contributed by atoms with E-state index in [1.54, 1.807) is 0 Å². The van der Waals surface area contributed by atoms with Gasteiger partial charge in [0.25, 0.3) is 0 Å². The third kappa shape index (κ3) is 2.98. The molecule has 1 aromatic carbocycles. The molecule has 2 atom stereocenters. The predicted octanol–water partition coefficient (Wildman–Crippen LogP) is 1.69. The molecule has 1 aromatic rings. The lowest BCUT2D eigenvalue weighted by Gasteiger charge is -2.17. The molecule has 2 aliphatic heterocycles. The van der Waals surface area contributed by atoms with Gasteiger partial charge in [0.1, 0.15) is 0 Å². The van der Waals surface area contributed by atoms with Crippen LogP contribution in [0.15, 0.2) is 30.3 Å². The fraction of sp³-hybridized carbons (Fsp3) is 0.562. The number of hydrogen-bond donors (Lipinski definition) is 1. The van der Waals surface area contributed by atoms with E-state index in [2.05, 4.69) is 34.5 Å². The second-order valence-electron chi connectivity index (χ2n) is 5.82. The lowest BCUT2D eigenvalue weighted by molar-refractivity contribution is -0.130. The number of nitrogens with zero attached hydrogens (tertiary/aromatic N) is 1. The Kier molecular flexibility index (Phi) is 3.83. The quantitative estimate of drug-likeness (QED) is 0.891. The smallest absolute Gasteiger partial charge is 0.222 e. The van der Waals surface area contributed by atoms with E-state index < -0.39 is 0 Å². The van der Waals surface area contributed by atoms with Crippen molar-refractivity contribution in [1.29, 1.82) is 0 Å². The van der Waals surface area contributed by atoms with Gasteiger partial charge in [0.2, 0.25) is 5.91 Å². The third-order valence-corrected chi connectivity index (χ3v) is 4.44. The maximum absolute atomic E-state index is 12.2. The number of carbonyl (C=O) groups is 1. The van der Waals surface area contributed by atoms with Crippen LogP contribution in [0.1, 0.15) is 18.4 Å². The standard InChI is InChI=1S/C16H22N2O/c19-16(8-4-7-13-5-2-1-3-6-13)18-11-14-9-17-10-15(14)12-18/h1-3,5-6,14-15,17H,4,7-12H2. The number of fused-ring (bicyclic) bond motifs is 1. The van der Waals surface area contributed by atoms with Gasteiger partial charge in [0, 0.05) is 32.6 Å². The number of aryl methyl sites for hydroxylation is 1. The molecular formula is C16H22N2O. The minimum Gasteiger partial charge on any atom is -0.342 e. The zero-order chi connectivity index (χ0) is 13.1. The monoisotopic (exact) mass is 258 g/mol. The zero-order valence-electron chi connectivity index (χ0n) is 11.3. The molecule has 2 aliphatic rings. The van der Waals surface area contributed by atoms with Crippen LogP contribution in [0, 0.1) is 11.8 Å². The molecule has 0 aromatic heterocycles. The molecule has 102 valence electrons. The Morgan fingerprint density at radius 2 is 1.84 bits per heavy atom. The summed E-state index contributed by atoms with van der Waals surface area (Å²) < 4.78 is 0. The van der Waals surface area contributed by atoms with Crippen LogP contribution in [0.2, 0.25) is 0 Å². The topological polar surface area (TPSA) is 32.3 Å². The minimum absolute atomic E-state index is 0.352. The molecule has 0 spiro atoms. The molecule has 3 heteroatoms. The summed E-state index contributed by atoms with van der Waals surface area (Å²) in [4.78, 5) is 14.3. The summed E-state index contributed by atoms with van der Waals surface area (Å²) in [6, 6.07) is 10.4. The highest BCUT2D eigenvalue weighted by Crippen LogP contribution is 2.26. The number of amides is 1. The summed E-state index contributed by atoms with van der Waals surface area (Å²) in [5, 5.41) is 3.41. The van der Waals surface area contributed by atoms with Crippen molar-refractivity contribution in [2.45, 2.75) is 19.3 Å². The van der Waals surface area contributed by atoms with Crippen molar-refractivity contribution in [3.63, 3.8) is 0 Å². The van der Waals surface area contributed by atoms with E-state index in [0.29, 0.717) is 24.2 Å². The average molecular weight is 258 g/mol. The Bertz CT molecular complexity index is 420. The van der Waals surface area contributed by atoms with Crippen LogP contribution in [0.3, 0.4) is 0 Å². The van der Waals surface area contributed by atoms with Crippen molar-refractivity contribution in [3.05, 3.63) is 35.9 Å². The van der Waals surface area contributed by atoms with Gasteiger partial charge in [-0.15, -0.1) is 0 Å². The highest BCUT2D eigenvalue weighted by atomic mass is 16.2. The molecule has 0 radical (unpaired) electrons. The van der Waals surface area contributed by atoms with Gasteiger partial charge < -0.3 is 10.2 Å². The van der Waals surface area contributed by atoms with E-state index in [4.69, 9.17) is 0 Å². The Morgan fingerprint density at radius 3 is 2.53 bits per heavy atom. The summed E-state index contributed by atoms with van der Waals surface area (Å²) in [6.45, 7) is 4.14. The normalized spacial score (nSPS) is 25.6. The maximum Gasteiger partial charge on any atom is 0.222 e. The molecule has 19 heavy (non-hydrogen) atoms. The van der Waals surface area contributed by atoms with E-state index in [1.165, 1.54) is 5.56 Å². The highest BCUT2D eigenvalue weighted by molar-refractivity contribution is 5.76. The molecule has 1 amide bonds. The second kappa shape index (κ2) is 5.74. The molecule has 2 fully saturated rings. The van der Waals surface area contributed by atoms with Gasteiger partial charge in [-0.1, -0.05) is 30.3 Å². The van der Waals surface area contributed by atoms with Gasteiger partial charge in [0.15, 0.2) is 0 Å². The molecule has 2 heterocycles. The first-order valence-corrected chi connectivity index (χ1v) is 7.35. The first-order valence-electron chi connectivity index (χ1n) is 7.35. The van der Waals surface area contributed by atoms with Crippen molar-refractivity contribution in [2.24, 2.45) is 11.8 Å². The Hall–Kier alpha value is -1.35. The van der Waals surface area contributed by atoms with Crippen LogP contribution in [-0.2, 0) is 11.2 Å². The number of carbonyl (C=O) groups excluding carboxylic acids is 1. The maximum atomic E-state index is 12.2. The van der Waals surface area contributed by atoms with Gasteiger partial charge in [-0.25, -0.2) is 0 Å². The van der Waals surface area contributed by atoms with E-state index in [0.717, 1.165) is 39.0 Å². The SMILES string of the molecule is O=C(CCCc1ccccc1)N1CC2CNCC2C1. The van der Waals surface area contributed by atoms with Crippen molar-refractivity contribution < 1.29 is 4.79 Å². The average Bonchev–Trinajstić information content (AvgIpc) is 3.00. The van der Waals surface area contributed by atoms with Crippen LogP contribution < -0.4 is 5.32 Å². The van der Waals surface area contributed by atoms with Crippen LogP contribution in [0.5, 0.6) is 0 Å². The summed E-state index contributed by atoms with van der Waals surface area (Å²) in [7, 11) is 0. The molecule has 1 N–H and O–H groups in total. The van der Waals surface area contributed by atoms with E-state index in [-0.39, 0.29) is 0 Å². The Labute approximate surface area is 115 Å². The third-order valence-electron chi connectivity index (χ3n) is 4.44. The lowest BCUT2D eigenvalue weighted by atomic mass is 10.0. The molecule has 0 saturated carbocycles. The minimum atomic E-state index is 0.352. The number of hydrogen-bond acceptors (Lipinski definition) is 2. The Morgan fingerprint density at radius 1 is 1.16 bits per heavy atom. The highest BCUT2D eigenvalue weighted by Gasteiger charge is 2.37. The number of rotatable bonds is 4. The predicted molar refractivity (Wildman–Crippen MR) is 75.8 cm³/mol. The molecule has 3 nitrogen and oxygen atoms in total. The number of nitrogens with one attached hydrogen (secondary N) is 1. The van der Waals surface area contributed by atoms with Crippen LogP contribution in [-0.4, -0.2) is 37.0 Å². The van der Waals surface area contributed by atoms with Crippen molar-refractivity contribution in [1.82, 2.24) is 10.2 Å². The lowest BCUT2D eigenvalue weighted by Crippen LogP contribution is -2.31. The van der Waals surface area contributed by atoms with Gasteiger partial charge in [-0.05, 0) is 30.2 Å². The summed E-state index contributed by atoms with van der Waals surface area (Å²) in [5.74, 6) is 1.77. The van der Waals surface area contributed by atoms with E-state index in [9.17, 15) is 4.79 Å². The van der Waals surface area contributed by atoms with Gasteiger partial charge >= 0.3 is 0 Å². The molecule has 2 unspecified atom stereocenters. The molecule has 0 aliphatic carbocycles.